The fraction of sp³-hybridized carbons (Fsp3) is 0.176. The van der Waals surface area contributed by atoms with E-state index in [2.05, 4.69) is 31.0 Å². The average molecular weight is 285 g/mol. The molecule has 1 atom stereocenters. The van der Waals surface area contributed by atoms with E-state index in [9.17, 15) is 5.11 Å². The number of hydrogen-bond acceptors (Lipinski definition) is 3. The van der Waals surface area contributed by atoms with Gasteiger partial charge in [0.05, 0.1) is 0 Å². The highest BCUT2D eigenvalue weighted by molar-refractivity contribution is 7.99. The van der Waals surface area contributed by atoms with Gasteiger partial charge in [-0.05, 0) is 36.8 Å². The summed E-state index contributed by atoms with van der Waals surface area (Å²) in [5.41, 5.74) is 2.27. The van der Waals surface area contributed by atoms with Crippen LogP contribution < -0.4 is 5.32 Å². The second-order valence-electron chi connectivity index (χ2n) is 4.55. The van der Waals surface area contributed by atoms with E-state index in [4.69, 9.17) is 0 Å². The highest BCUT2D eigenvalue weighted by atomic mass is 32.2. The van der Waals surface area contributed by atoms with Gasteiger partial charge in [-0.3, -0.25) is 0 Å². The lowest BCUT2D eigenvalue weighted by Crippen LogP contribution is -2.07. The number of nitrogens with one attached hydrogen (secondary N) is 1. The van der Waals surface area contributed by atoms with Crippen molar-refractivity contribution in [1.29, 1.82) is 0 Å². The summed E-state index contributed by atoms with van der Waals surface area (Å²) in [4.78, 5) is 1.22. The zero-order valence-corrected chi connectivity index (χ0v) is 12.4. The van der Waals surface area contributed by atoms with Crippen LogP contribution in [0.1, 0.15) is 18.5 Å². The van der Waals surface area contributed by atoms with E-state index in [0.29, 0.717) is 5.75 Å². The first-order valence-electron chi connectivity index (χ1n) is 6.59. The Morgan fingerprint density at radius 1 is 1.20 bits per heavy atom. The summed E-state index contributed by atoms with van der Waals surface area (Å²) >= 11 is 1.77. The molecule has 2 nitrogen and oxygen atoms in total. The first-order valence-corrected chi connectivity index (χ1v) is 7.57. The molecule has 104 valence electrons. The highest BCUT2D eigenvalue weighted by Crippen LogP contribution is 2.30. The van der Waals surface area contributed by atoms with E-state index in [-0.39, 0.29) is 6.04 Å². The van der Waals surface area contributed by atoms with Gasteiger partial charge in [0, 0.05) is 22.4 Å². The largest absolute Gasteiger partial charge is 0.508 e. The molecule has 0 bridgehead atoms. The van der Waals surface area contributed by atoms with Gasteiger partial charge >= 0.3 is 0 Å². The number of phenolic OH excluding ortho intramolecular Hbond substituents is 1. The number of thioether (sulfide) groups is 1. The Labute approximate surface area is 124 Å². The SMILES string of the molecule is C=CCSc1ccccc1NC(C)c1ccc(O)cc1. The lowest BCUT2D eigenvalue weighted by atomic mass is 10.1. The van der Waals surface area contributed by atoms with Crippen LogP contribution in [0, 0.1) is 0 Å². The maximum absolute atomic E-state index is 9.34. The number of benzene rings is 2. The third kappa shape index (κ3) is 3.81. The molecule has 0 spiro atoms. The molecular formula is C17H19NOS. The zero-order valence-electron chi connectivity index (χ0n) is 11.5. The number of anilines is 1. The monoisotopic (exact) mass is 285 g/mol. The van der Waals surface area contributed by atoms with Gasteiger partial charge in [-0.2, -0.15) is 0 Å². The maximum atomic E-state index is 9.34. The lowest BCUT2D eigenvalue weighted by Gasteiger charge is -2.18. The molecule has 0 radical (unpaired) electrons. The van der Waals surface area contributed by atoms with Crippen LogP contribution in [0.4, 0.5) is 5.69 Å². The molecule has 0 fully saturated rings. The van der Waals surface area contributed by atoms with E-state index >= 15 is 0 Å². The Bertz CT molecular complexity index is 565. The lowest BCUT2D eigenvalue weighted by molar-refractivity contribution is 0.475. The summed E-state index contributed by atoms with van der Waals surface area (Å²) < 4.78 is 0. The van der Waals surface area contributed by atoms with Crippen molar-refractivity contribution in [3.05, 3.63) is 66.7 Å². The van der Waals surface area contributed by atoms with Crippen molar-refractivity contribution in [2.75, 3.05) is 11.1 Å². The van der Waals surface area contributed by atoms with Crippen LogP contribution in [0.25, 0.3) is 0 Å². The second-order valence-corrected chi connectivity index (χ2v) is 5.62. The number of phenols is 1. The molecule has 0 saturated carbocycles. The summed E-state index contributed by atoms with van der Waals surface area (Å²) in [6.45, 7) is 5.87. The number of hydrogen-bond donors (Lipinski definition) is 2. The van der Waals surface area contributed by atoms with Crippen molar-refractivity contribution >= 4 is 17.4 Å². The third-order valence-corrected chi connectivity index (χ3v) is 4.08. The van der Waals surface area contributed by atoms with Crippen LogP contribution in [0.3, 0.4) is 0 Å². The van der Waals surface area contributed by atoms with Crippen LogP contribution in [0.2, 0.25) is 0 Å². The molecule has 2 N–H and O–H groups in total. The van der Waals surface area contributed by atoms with Gasteiger partial charge in [0.15, 0.2) is 0 Å². The van der Waals surface area contributed by atoms with E-state index in [1.54, 1.807) is 23.9 Å². The number of para-hydroxylation sites is 1. The molecule has 20 heavy (non-hydrogen) atoms. The Morgan fingerprint density at radius 3 is 2.60 bits per heavy atom. The van der Waals surface area contributed by atoms with Crippen molar-refractivity contribution < 1.29 is 5.11 Å². The Hall–Kier alpha value is -1.87. The predicted molar refractivity (Wildman–Crippen MR) is 87.5 cm³/mol. The van der Waals surface area contributed by atoms with E-state index in [0.717, 1.165) is 17.0 Å². The zero-order chi connectivity index (χ0) is 14.4. The van der Waals surface area contributed by atoms with Gasteiger partial charge in [-0.25, -0.2) is 0 Å². The topological polar surface area (TPSA) is 32.3 Å². The number of rotatable bonds is 6. The molecule has 0 aromatic heterocycles. The smallest absolute Gasteiger partial charge is 0.115 e. The molecule has 2 rings (SSSR count). The van der Waals surface area contributed by atoms with Crippen LogP contribution >= 0.6 is 11.8 Å². The summed E-state index contributed by atoms with van der Waals surface area (Å²) in [6.07, 6.45) is 1.91. The van der Waals surface area contributed by atoms with E-state index in [1.165, 1.54) is 4.90 Å². The quantitative estimate of drug-likeness (QED) is 0.588. The predicted octanol–water partition coefficient (Wildman–Crippen LogP) is 4.84. The molecule has 0 aliphatic rings. The van der Waals surface area contributed by atoms with Gasteiger partial charge in [0.1, 0.15) is 5.75 Å². The van der Waals surface area contributed by atoms with Crippen LogP contribution in [-0.4, -0.2) is 10.9 Å². The minimum Gasteiger partial charge on any atom is -0.508 e. The molecule has 1 unspecified atom stereocenters. The minimum atomic E-state index is 0.182. The van der Waals surface area contributed by atoms with E-state index < -0.39 is 0 Å². The van der Waals surface area contributed by atoms with Gasteiger partial charge in [-0.15, -0.1) is 18.3 Å². The van der Waals surface area contributed by atoms with Crippen LogP contribution in [-0.2, 0) is 0 Å². The van der Waals surface area contributed by atoms with Crippen molar-refractivity contribution in [3.63, 3.8) is 0 Å². The molecule has 0 saturated heterocycles. The summed E-state index contributed by atoms with van der Waals surface area (Å²) in [5, 5.41) is 12.9. The molecule has 2 aromatic carbocycles. The summed E-state index contributed by atoms with van der Waals surface area (Å²) in [7, 11) is 0. The molecule has 0 aliphatic carbocycles. The van der Waals surface area contributed by atoms with E-state index in [1.807, 2.05) is 30.3 Å². The fourth-order valence-corrected chi connectivity index (χ4v) is 2.69. The number of aromatic hydroxyl groups is 1. The van der Waals surface area contributed by atoms with Gasteiger partial charge in [-0.1, -0.05) is 30.3 Å². The second kappa shape index (κ2) is 7.06. The van der Waals surface area contributed by atoms with Crippen molar-refractivity contribution in [3.8, 4) is 5.75 Å². The third-order valence-electron chi connectivity index (χ3n) is 3.01. The molecule has 0 aliphatic heterocycles. The van der Waals surface area contributed by atoms with Gasteiger partial charge < -0.3 is 10.4 Å². The summed E-state index contributed by atoms with van der Waals surface area (Å²) in [5.74, 6) is 1.19. The standard InChI is InChI=1S/C17H19NOS/c1-3-12-20-17-7-5-4-6-16(17)18-13(2)14-8-10-15(19)11-9-14/h3-11,13,18-19H,1,12H2,2H3. The minimum absolute atomic E-state index is 0.182. The summed E-state index contributed by atoms with van der Waals surface area (Å²) in [6, 6.07) is 15.8. The van der Waals surface area contributed by atoms with Crippen molar-refractivity contribution in [1.82, 2.24) is 0 Å². The molecule has 0 amide bonds. The maximum Gasteiger partial charge on any atom is 0.115 e. The van der Waals surface area contributed by atoms with Gasteiger partial charge in [0.25, 0.3) is 0 Å². The van der Waals surface area contributed by atoms with Crippen LogP contribution in [0.5, 0.6) is 5.75 Å². The van der Waals surface area contributed by atoms with Crippen molar-refractivity contribution in [2.24, 2.45) is 0 Å². The Balaban J connectivity index is 2.12. The van der Waals surface area contributed by atoms with Crippen molar-refractivity contribution in [2.45, 2.75) is 17.9 Å². The van der Waals surface area contributed by atoms with Crippen LogP contribution in [0.15, 0.2) is 66.1 Å². The molecular weight excluding hydrogens is 266 g/mol. The fourth-order valence-electron chi connectivity index (χ4n) is 1.94. The Morgan fingerprint density at radius 2 is 1.90 bits per heavy atom. The molecule has 2 aromatic rings. The molecule has 0 heterocycles. The molecule has 3 heteroatoms. The highest BCUT2D eigenvalue weighted by Gasteiger charge is 2.08. The normalized spacial score (nSPS) is 11.8. The first-order chi connectivity index (χ1) is 9.70. The Kier molecular flexibility index (Phi) is 5.13. The van der Waals surface area contributed by atoms with Gasteiger partial charge in [0.2, 0.25) is 0 Å². The average Bonchev–Trinajstić information content (AvgIpc) is 2.47. The first kappa shape index (κ1) is 14.5.